The molecule has 2 heterocycles. The molecule has 5 nitrogen and oxygen atoms in total. The molecule has 0 unspecified atom stereocenters. The lowest BCUT2D eigenvalue weighted by atomic mass is 9.95. The molecule has 1 amide bonds. The van der Waals surface area contributed by atoms with Gasteiger partial charge in [0.05, 0.1) is 22.3 Å². The van der Waals surface area contributed by atoms with E-state index in [0.717, 1.165) is 41.0 Å². The van der Waals surface area contributed by atoms with E-state index in [-0.39, 0.29) is 11.9 Å². The molecular formula is C21H24N4O. The average Bonchev–Trinajstić information content (AvgIpc) is 2.99. The molecule has 1 fully saturated rings. The van der Waals surface area contributed by atoms with Crippen molar-refractivity contribution in [1.82, 2.24) is 20.1 Å². The number of nitrogens with one attached hydrogen (secondary N) is 1. The number of fused-ring (bicyclic) bond motifs is 1. The molecule has 26 heavy (non-hydrogen) atoms. The molecule has 3 aromatic rings. The van der Waals surface area contributed by atoms with Crippen LogP contribution < -0.4 is 5.32 Å². The minimum absolute atomic E-state index is 0.0110. The Bertz CT molecular complexity index is 940. The Morgan fingerprint density at radius 3 is 2.58 bits per heavy atom. The van der Waals surface area contributed by atoms with Gasteiger partial charge >= 0.3 is 0 Å². The highest BCUT2D eigenvalue weighted by molar-refractivity contribution is 6.06. The monoisotopic (exact) mass is 348 g/mol. The summed E-state index contributed by atoms with van der Waals surface area (Å²) in [4.78, 5) is 17.7. The largest absolute Gasteiger partial charge is 0.349 e. The number of carbonyl (C=O) groups is 1. The summed E-state index contributed by atoms with van der Waals surface area (Å²) >= 11 is 0. The molecule has 1 N–H and O–H groups in total. The lowest BCUT2D eigenvalue weighted by Gasteiger charge is -2.23. The van der Waals surface area contributed by atoms with E-state index in [2.05, 4.69) is 15.4 Å². The predicted octanol–water partition coefficient (Wildman–Crippen LogP) is 4.10. The number of nitrogens with zero attached hydrogens (tertiary/aromatic N) is 3. The Morgan fingerprint density at radius 1 is 1.12 bits per heavy atom. The predicted molar refractivity (Wildman–Crippen MR) is 103 cm³/mol. The molecule has 1 aromatic carbocycles. The fourth-order valence-corrected chi connectivity index (χ4v) is 3.85. The van der Waals surface area contributed by atoms with Crippen LogP contribution in [0.25, 0.3) is 16.7 Å². The topological polar surface area (TPSA) is 59.8 Å². The summed E-state index contributed by atoms with van der Waals surface area (Å²) in [5.74, 6) is -0.0110. The number of aryl methyl sites for hydroxylation is 2. The first-order valence-corrected chi connectivity index (χ1v) is 9.37. The third-order valence-electron chi connectivity index (χ3n) is 5.13. The van der Waals surface area contributed by atoms with Gasteiger partial charge in [0.2, 0.25) is 0 Å². The molecule has 0 bridgehead atoms. The SMILES string of the molecule is Cc1cc(C(=O)NC2CCCCC2)c2c(C)nn(-c3ccccc3)c2n1. The van der Waals surface area contributed by atoms with Crippen LogP contribution in [-0.2, 0) is 0 Å². The van der Waals surface area contributed by atoms with Crippen LogP contribution >= 0.6 is 0 Å². The van der Waals surface area contributed by atoms with Gasteiger partial charge in [-0.1, -0.05) is 37.5 Å². The van der Waals surface area contributed by atoms with Crippen LogP contribution in [0, 0.1) is 13.8 Å². The standard InChI is InChI=1S/C21H24N4O/c1-14-13-18(21(26)23-16-9-5-3-6-10-16)19-15(2)24-25(20(19)22-14)17-11-7-4-8-12-17/h4,7-8,11-13,16H,3,5-6,9-10H2,1-2H3,(H,23,26). The lowest BCUT2D eigenvalue weighted by molar-refractivity contribution is 0.0929. The van der Waals surface area contributed by atoms with Gasteiger partial charge in [-0.25, -0.2) is 9.67 Å². The zero-order valence-corrected chi connectivity index (χ0v) is 15.3. The van der Waals surface area contributed by atoms with Crippen molar-refractivity contribution in [3.05, 3.63) is 53.3 Å². The molecule has 2 aromatic heterocycles. The minimum atomic E-state index is -0.0110. The van der Waals surface area contributed by atoms with Gasteiger partial charge in [0.1, 0.15) is 0 Å². The summed E-state index contributed by atoms with van der Waals surface area (Å²) in [5, 5.41) is 8.73. The van der Waals surface area contributed by atoms with Crippen molar-refractivity contribution in [2.24, 2.45) is 0 Å². The molecule has 0 saturated heterocycles. The highest BCUT2D eigenvalue weighted by Crippen LogP contribution is 2.25. The summed E-state index contributed by atoms with van der Waals surface area (Å²) in [6.07, 6.45) is 5.80. The molecule has 1 aliphatic rings. The summed E-state index contributed by atoms with van der Waals surface area (Å²) in [6.45, 7) is 3.87. The molecular weight excluding hydrogens is 324 g/mol. The van der Waals surface area contributed by atoms with Crippen LogP contribution in [0.2, 0.25) is 0 Å². The smallest absolute Gasteiger partial charge is 0.252 e. The molecule has 0 spiro atoms. The van der Waals surface area contributed by atoms with Gasteiger partial charge in [-0.15, -0.1) is 0 Å². The summed E-state index contributed by atoms with van der Waals surface area (Å²) in [5.41, 5.74) is 4.01. The van der Waals surface area contributed by atoms with E-state index < -0.39 is 0 Å². The molecule has 0 atom stereocenters. The van der Waals surface area contributed by atoms with E-state index in [1.807, 2.05) is 54.9 Å². The van der Waals surface area contributed by atoms with Gasteiger partial charge in [-0.2, -0.15) is 5.10 Å². The Balaban J connectivity index is 1.78. The zero-order chi connectivity index (χ0) is 18.1. The highest BCUT2D eigenvalue weighted by Gasteiger charge is 2.22. The van der Waals surface area contributed by atoms with Crippen molar-refractivity contribution in [3.8, 4) is 5.69 Å². The van der Waals surface area contributed by atoms with Gasteiger partial charge in [0.25, 0.3) is 5.91 Å². The third-order valence-corrected chi connectivity index (χ3v) is 5.13. The van der Waals surface area contributed by atoms with E-state index >= 15 is 0 Å². The van der Waals surface area contributed by atoms with Crippen molar-refractivity contribution in [2.45, 2.75) is 52.0 Å². The molecule has 1 saturated carbocycles. The number of hydrogen-bond donors (Lipinski definition) is 1. The number of carbonyl (C=O) groups excluding carboxylic acids is 1. The Hall–Kier alpha value is -2.69. The molecule has 0 aliphatic heterocycles. The van der Waals surface area contributed by atoms with Crippen LogP contribution in [0.4, 0.5) is 0 Å². The highest BCUT2D eigenvalue weighted by atomic mass is 16.1. The first-order valence-electron chi connectivity index (χ1n) is 9.37. The second-order valence-electron chi connectivity index (χ2n) is 7.15. The second kappa shape index (κ2) is 6.90. The van der Waals surface area contributed by atoms with Crippen molar-refractivity contribution in [3.63, 3.8) is 0 Å². The Labute approximate surface area is 153 Å². The number of amides is 1. The third kappa shape index (κ3) is 3.09. The molecule has 134 valence electrons. The summed E-state index contributed by atoms with van der Waals surface area (Å²) in [7, 11) is 0. The first-order chi connectivity index (χ1) is 12.6. The number of pyridine rings is 1. The van der Waals surface area contributed by atoms with E-state index in [1.54, 1.807) is 0 Å². The number of para-hydroxylation sites is 1. The Morgan fingerprint density at radius 2 is 1.85 bits per heavy atom. The zero-order valence-electron chi connectivity index (χ0n) is 15.3. The van der Waals surface area contributed by atoms with Gasteiger partial charge in [-0.05, 0) is 44.9 Å². The maximum absolute atomic E-state index is 13.0. The van der Waals surface area contributed by atoms with Crippen molar-refractivity contribution >= 4 is 16.9 Å². The maximum Gasteiger partial charge on any atom is 0.252 e. The van der Waals surface area contributed by atoms with Crippen molar-refractivity contribution in [2.75, 3.05) is 0 Å². The van der Waals surface area contributed by atoms with Crippen molar-refractivity contribution < 1.29 is 4.79 Å². The second-order valence-corrected chi connectivity index (χ2v) is 7.15. The number of hydrogen-bond acceptors (Lipinski definition) is 3. The number of aromatic nitrogens is 3. The molecule has 1 aliphatic carbocycles. The van der Waals surface area contributed by atoms with Gasteiger partial charge in [-0.3, -0.25) is 4.79 Å². The summed E-state index contributed by atoms with van der Waals surface area (Å²) in [6, 6.07) is 12.1. The van der Waals surface area contributed by atoms with Crippen LogP contribution in [0.3, 0.4) is 0 Å². The van der Waals surface area contributed by atoms with E-state index in [9.17, 15) is 4.79 Å². The molecule has 0 radical (unpaired) electrons. The molecule has 5 heteroatoms. The fourth-order valence-electron chi connectivity index (χ4n) is 3.85. The molecule has 4 rings (SSSR count). The average molecular weight is 348 g/mol. The Kier molecular flexibility index (Phi) is 4.45. The van der Waals surface area contributed by atoms with Crippen LogP contribution in [0.1, 0.15) is 53.8 Å². The minimum Gasteiger partial charge on any atom is -0.349 e. The van der Waals surface area contributed by atoms with Crippen LogP contribution in [0.15, 0.2) is 36.4 Å². The van der Waals surface area contributed by atoms with E-state index in [4.69, 9.17) is 0 Å². The quantitative estimate of drug-likeness (QED) is 0.775. The van der Waals surface area contributed by atoms with Crippen LogP contribution in [-0.4, -0.2) is 26.7 Å². The first kappa shape index (κ1) is 16.8. The number of rotatable bonds is 3. The number of benzene rings is 1. The van der Waals surface area contributed by atoms with E-state index in [1.165, 1.54) is 19.3 Å². The van der Waals surface area contributed by atoms with E-state index in [0.29, 0.717) is 5.56 Å². The normalized spacial score (nSPS) is 15.3. The summed E-state index contributed by atoms with van der Waals surface area (Å²) < 4.78 is 1.83. The van der Waals surface area contributed by atoms with Crippen LogP contribution in [0.5, 0.6) is 0 Å². The maximum atomic E-state index is 13.0. The fraction of sp³-hybridized carbons (Fsp3) is 0.381. The lowest BCUT2D eigenvalue weighted by Crippen LogP contribution is -2.36. The van der Waals surface area contributed by atoms with Gasteiger partial charge in [0.15, 0.2) is 5.65 Å². The van der Waals surface area contributed by atoms with Gasteiger partial charge in [0, 0.05) is 11.7 Å². The van der Waals surface area contributed by atoms with Gasteiger partial charge < -0.3 is 5.32 Å². The van der Waals surface area contributed by atoms with Crippen molar-refractivity contribution in [1.29, 1.82) is 0 Å².